The maximum absolute atomic E-state index is 12.8. The molecule has 2 fully saturated rings. The molecule has 1 heterocycles. The highest BCUT2D eigenvalue weighted by Gasteiger charge is 2.30. The zero-order valence-corrected chi connectivity index (χ0v) is 17.2. The highest BCUT2D eigenvalue weighted by atomic mass is 79.9. The summed E-state index contributed by atoms with van der Waals surface area (Å²) in [6.45, 7) is 1.20. The van der Waals surface area contributed by atoms with Crippen molar-refractivity contribution in [3.8, 4) is 5.75 Å². The van der Waals surface area contributed by atoms with Gasteiger partial charge in [0.05, 0.1) is 6.04 Å². The fourth-order valence-electron chi connectivity index (χ4n) is 3.46. The summed E-state index contributed by atoms with van der Waals surface area (Å²) in [6.07, 6.45) is 4.06. The molecule has 2 aliphatic rings. The van der Waals surface area contributed by atoms with E-state index in [2.05, 4.69) is 21.2 Å². The van der Waals surface area contributed by atoms with Crippen molar-refractivity contribution in [1.29, 1.82) is 0 Å². The highest BCUT2D eigenvalue weighted by molar-refractivity contribution is 9.10. The fourth-order valence-corrected chi connectivity index (χ4v) is 3.85. The molecule has 28 heavy (non-hydrogen) atoms. The number of likely N-dealkylation sites (tertiary alicyclic amines) is 1. The van der Waals surface area contributed by atoms with Crippen molar-refractivity contribution in [1.82, 2.24) is 10.2 Å². The summed E-state index contributed by atoms with van der Waals surface area (Å²) in [6, 6.07) is 15.1. The topological polar surface area (TPSA) is 58.6 Å². The van der Waals surface area contributed by atoms with Crippen LogP contribution >= 0.6 is 15.9 Å². The zero-order chi connectivity index (χ0) is 19.5. The molecule has 146 valence electrons. The molecule has 0 unspecified atom stereocenters. The lowest BCUT2D eigenvalue weighted by molar-refractivity contribution is 0.0691. The van der Waals surface area contributed by atoms with Gasteiger partial charge >= 0.3 is 0 Å². The Morgan fingerprint density at radius 1 is 1.07 bits per heavy atom. The van der Waals surface area contributed by atoms with Crippen LogP contribution in [0.1, 0.15) is 46.4 Å². The first kappa shape index (κ1) is 19.0. The van der Waals surface area contributed by atoms with Crippen LogP contribution in [0.5, 0.6) is 5.75 Å². The van der Waals surface area contributed by atoms with E-state index in [-0.39, 0.29) is 17.9 Å². The number of benzene rings is 2. The van der Waals surface area contributed by atoms with Crippen molar-refractivity contribution < 1.29 is 14.3 Å². The van der Waals surface area contributed by atoms with E-state index in [1.54, 1.807) is 12.1 Å². The molecule has 0 aromatic heterocycles. The number of hydrogen-bond donors (Lipinski definition) is 1. The molecule has 1 saturated heterocycles. The number of hydrogen-bond acceptors (Lipinski definition) is 3. The Bertz CT molecular complexity index is 864. The smallest absolute Gasteiger partial charge is 0.254 e. The van der Waals surface area contributed by atoms with Gasteiger partial charge in [-0.1, -0.05) is 22.0 Å². The molecule has 0 bridgehead atoms. The molecule has 1 atom stereocenters. The average molecular weight is 443 g/mol. The van der Waals surface area contributed by atoms with E-state index in [1.165, 1.54) is 0 Å². The quantitative estimate of drug-likeness (QED) is 0.734. The number of carbonyl (C=O) groups excluding carboxylic acids is 2. The van der Waals surface area contributed by atoms with Crippen molar-refractivity contribution in [3.63, 3.8) is 0 Å². The van der Waals surface area contributed by atoms with Gasteiger partial charge in [0.1, 0.15) is 12.4 Å². The second-order valence-corrected chi connectivity index (χ2v) is 8.30. The molecule has 1 N–H and O–H groups in total. The van der Waals surface area contributed by atoms with Gasteiger partial charge in [-0.15, -0.1) is 0 Å². The minimum atomic E-state index is -0.0318. The summed E-state index contributed by atoms with van der Waals surface area (Å²) in [5.74, 6) is 0.722. The van der Waals surface area contributed by atoms with Crippen LogP contribution in [0, 0.1) is 0 Å². The Balaban J connectivity index is 1.34. The maximum Gasteiger partial charge on any atom is 0.254 e. The highest BCUT2D eigenvalue weighted by Crippen LogP contribution is 2.23. The van der Waals surface area contributed by atoms with Crippen LogP contribution in [0.2, 0.25) is 0 Å². The van der Waals surface area contributed by atoms with Crippen LogP contribution in [-0.4, -0.2) is 41.9 Å². The first-order chi connectivity index (χ1) is 13.6. The fraction of sp³-hybridized carbons (Fsp3) is 0.364. The van der Waals surface area contributed by atoms with Crippen molar-refractivity contribution >= 4 is 27.7 Å². The van der Waals surface area contributed by atoms with Crippen LogP contribution in [0.25, 0.3) is 0 Å². The largest absolute Gasteiger partial charge is 0.491 e. The third-order valence-electron chi connectivity index (χ3n) is 5.18. The van der Waals surface area contributed by atoms with Gasteiger partial charge in [0.15, 0.2) is 0 Å². The van der Waals surface area contributed by atoms with E-state index in [0.717, 1.165) is 36.7 Å². The molecule has 1 saturated carbocycles. The predicted molar refractivity (Wildman–Crippen MR) is 111 cm³/mol. The molecule has 1 aliphatic heterocycles. The summed E-state index contributed by atoms with van der Waals surface area (Å²) in [5, 5.41) is 2.98. The molecule has 2 amide bonds. The van der Waals surface area contributed by atoms with Crippen molar-refractivity contribution in [2.75, 3.05) is 13.2 Å². The van der Waals surface area contributed by atoms with E-state index >= 15 is 0 Å². The first-order valence-electron chi connectivity index (χ1n) is 9.70. The molecule has 0 radical (unpaired) electrons. The van der Waals surface area contributed by atoms with Gasteiger partial charge in [0.2, 0.25) is 0 Å². The predicted octanol–water partition coefficient (Wildman–Crippen LogP) is 4.02. The monoisotopic (exact) mass is 442 g/mol. The van der Waals surface area contributed by atoms with Crippen LogP contribution in [0.4, 0.5) is 0 Å². The Labute approximate surface area is 173 Å². The van der Waals surface area contributed by atoms with Gasteiger partial charge in [-0.05, 0) is 68.1 Å². The lowest BCUT2D eigenvalue weighted by atomic mass is 10.1. The molecule has 0 spiro atoms. The van der Waals surface area contributed by atoms with Gasteiger partial charge in [0.25, 0.3) is 11.8 Å². The zero-order valence-electron chi connectivity index (χ0n) is 15.6. The third-order valence-corrected chi connectivity index (χ3v) is 5.67. The lowest BCUT2D eigenvalue weighted by Gasteiger charge is -2.25. The van der Waals surface area contributed by atoms with Crippen LogP contribution in [-0.2, 0) is 0 Å². The molecule has 2 aromatic carbocycles. The SMILES string of the molecule is O=C(NC1CC1)c1ccc(OC[C@H]2CCCN2C(=O)c2cccc(Br)c2)cc1. The average Bonchev–Trinajstić information content (AvgIpc) is 3.39. The summed E-state index contributed by atoms with van der Waals surface area (Å²) in [5.41, 5.74) is 1.33. The van der Waals surface area contributed by atoms with Crippen molar-refractivity contribution in [2.45, 2.75) is 37.8 Å². The Hall–Kier alpha value is -2.34. The minimum absolute atomic E-state index is 0.0318. The number of rotatable bonds is 6. The molecular weight excluding hydrogens is 420 g/mol. The van der Waals surface area contributed by atoms with Gasteiger partial charge in [0, 0.05) is 28.2 Å². The molecular formula is C22H23BrN2O3. The minimum Gasteiger partial charge on any atom is -0.491 e. The summed E-state index contributed by atoms with van der Waals surface area (Å²) < 4.78 is 6.82. The molecule has 6 heteroatoms. The van der Waals surface area contributed by atoms with E-state index < -0.39 is 0 Å². The van der Waals surface area contributed by atoms with E-state index in [1.807, 2.05) is 41.3 Å². The second-order valence-electron chi connectivity index (χ2n) is 7.39. The van der Waals surface area contributed by atoms with Crippen LogP contribution in [0.3, 0.4) is 0 Å². The number of carbonyl (C=O) groups is 2. The molecule has 4 rings (SSSR count). The maximum atomic E-state index is 12.8. The summed E-state index contributed by atoms with van der Waals surface area (Å²) >= 11 is 3.42. The van der Waals surface area contributed by atoms with E-state index in [4.69, 9.17) is 4.74 Å². The standard InChI is InChI=1S/C22H23BrN2O3/c23-17-4-1-3-16(13-17)22(27)25-12-2-5-19(25)14-28-20-10-6-15(7-11-20)21(26)24-18-8-9-18/h1,3-4,6-7,10-11,13,18-19H,2,5,8-9,12,14H2,(H,24,26)/t19-/m1/s1. The number of amides is 2. The summed E-state index contributed by atoms with van der Waals surface area (Å²) in [7, 11) is 0. The van der Waals surface area contributed by atoms with Gasteiger partial charge in [-0.25, -0.2) is 0 Å². The third kappa shape index (κ3) is 4.55. The first-order valence-corrected chi connectivity index (χ1v) is 10.5. The molecule has 5 nitrogen and oxygen atoms in total. The van der Waals surface area contributed by atoms with Crippen molar-refractivity contribution in [2.24, 2.45) is 0 Å². The van der Waals surface area contributed by atoms with E-state index in [0.29, 0.717) is 29.5 Å². The Kier molecular flexibility index (Phi) is 5.67. The number of nitrogens with zero attached hydrogens (tertiary/aromatic N) is 1. The van der Waals surface area contributed by atoms with Crippen LogP contribution in [0.15, 0.2) is 53.0 Å². The second kappa shape index (κ2) is 8.35. The Morgan fingerprint density at radius 2 is 1.86 bits per heavy atom. The van der Waals surface area contributed by atoms with Gasteiger partial charge in [-0.3, -0.25) is 9.59 Å². The van der Waals surface area contributed by atoms with Crippen molar-refractivity contribution in [3.05, 3.63) is 64.1 Å². The van der Waals surface area contributed by atoms with E-state index in [9.17, 15) is 9.59 Å². The van der Waals surface area contributed by atoms with Gasteiger partial charge in [-0.2, -0.15) is 0 Å². The number of nitrogens with one attached hydrogen (secondary N) is 1. The molecule has 2 aromatic rings. The summed E-state index contributed by atoms with van der Waals surface area (Å²) in [4.78, 5) is 26.8. The van der Waals surface area contributed by atoms with Gasteiger partial charge < -0.3 is 15.0 Å². The van der Waals surface area contributed by atoms with Crippen LogP contribution < -0.4 is 10.1 Å². The lowest BCUT2D eigenvalue weighted by Crippen LogP contribution is -2.39. The number of ether oxygens (including phenoxy) is 1. The number of halogens is 1. The Morgan fingerprint density at radius 3 is 2.57 bits per heavy atom. The molecule has 1 aliphatic carbocycles. The normalized spacial score (nSPS) is 18.8.